The van der Waals surface area contributed by atoms with Gasteiger partial charge in [0.15, 0.2) is 5.71 Å². The Kier molecular flexibility index (Phi) is 5.20. The maximum Gasteiger partial charge on any atom is 0.269 e. The summed E-state index contributed by atoms with van der Waals surface area (Å²) in [4.78, 5) is 21.2. The van der Waals surface area contributed by atoms with Gasteiger partial charge in [-0.3, -0.25) is 4.79 Å². The molecule has 1 saturated heterocycles. The number of nitrogens with zero attached hydrogens (tertiary/aromatic N) is 2. The van der Waals surface area contributed by atoms with E-state index in [-0.39, 0.29) is 23.3 Å². The van der Waals surface area contributed by atoms with Crippen LogP contribution in [-0.2, 0) is 16.2 Å². The number of piperidine rings is 1. The van der Waals surface area contributed by atoms with Crippen molar-refractivity contribution >= 4 is 11.6 Å². The second-order valence-corrected chi connectivity index (χ2v) is 9.21. The predicted molar refractivity (Wildman–Crippen MR) is 110 cm³/mol. The minimum atomic E-state index is -0.105. The average Bonchev–Trinajstić information content (AvgIpc) is 3.48. The summed E-state index contributed by atoms with van der Waals surface area (Å²) in [6.45, 7) is 3.86. The van der Waals surface area contributed by atoms with Crippen molar-refractivity contribution in [3.8, 4) is 0 Å². The van der Waals surface area contributed by atoms with Gasteiger partial charge >= 0.3 is 0 Å². The molecular weight excluding hydrogens is 366 g/mol. The Balaban J connectivity index is 1.20. The number of nitrogens with one attached hydrogen (secondary N) is 1. The van der Waals surface area contributed by atoms with Gasteiger partial charge < -0.3 is 19.5 Å². The van der Waals surface area contributed by atoms with E-state index >= 15 is 0 Å². The third-order valence-corrected chi connectivity index (χ3v) is 7.52. The van der Waals surface area contributed by atoms with E-state index in [9.17, 15) is 4.79 Å². The van der Waals surface area contributed by atoms with E-state index in [4.69, 9.17) is 9.25 Å². The number of hydrogen-bond donors (Lipinski definition) is 1. The fourth-order valence-corrected chi connectivity index (χ4v) is 5.89. The number of rotatable bonds is 5. The molecule has 1 aromatic rings. The van der Waals surface area contributed by atoms with E-state index in [1.54, 1.807) is 6.26 Å². The summed E-state index contributed by atoms with van der Waals surface area (Å²) >= 11 is 0. The normalized spacial score (nSPS) is 30.8. The number of oxime groups is 1. The van der Waals surface area contributed by atoms with Crippen molar-refractivity contribution in [1.29, 1.82) is 0 Å². The van der Waals surface area contributed by atoms with Crippen LogP contribution < -0.4 is 5.32 Å². The summed E-state index contributed by atoms with van der Waals surface area (Å²) in [5, 5.41) is 7.20. The summed E-state index contributed by atoms with van der Waals surface area (Å²) < 4.78 is 5.32. The number of furan rings is 1. The minimum Gasteiger partial charge on any atom is -0.467 e. The molecule has 29 heavy (non-hydrogen) atoms. The zero-order valence-corrected chi connectivity index (χ0v) is 17.0. The molecule has 4 aliphatic rings. The van der Waals surface area contributed by atoms with Gasteiger partial charge in [-0.1, -0.05) is 17.3 Å². The Bertz CT molecular complexity index is 777. The van der Waals surface area contributed by atoms with Crippen LogP contribution in [0.15, 0.2) is 40.1 Å². The van der Waals surface area contributed by atoms with Gasteiger partial charge in [-0.15, -0.1) is 0 Å². The lowest BCUT2D eigenvalue weighted by molar-refractivity contribution is -0.115. The number of carbonyl (C=O) groups excluding carboxylic acids is 1. The van der Waals surface area contributed by atoms with Crippen LogP contribution in [0.4, 0.5) is 0 Å². The summed E-state index contributed by atoms with van der Waals surface area (Å²) in [7, 11) is 0. The minimum absolute atomic E-state index is 0.0781. The first-order valence-corrected chi connectivity index (χ1v) is 11.2. The van der Waals surface area contributed by atoms with Gasteiger partial charge in [-0.05, 0) is 81.5 Å². The van der Waals surface area contributed by atoms with Gasteiger partial charge in [-0.2, -0.15) is 0 Å². The highest BCUT2D eigenvalue weighted by molar-refractivity contribution is 6.40. The Morgan fingerprint density at radius 2 is 2.14 bits per heavy atom. The van der Waals surface area contributed by atoms with Crippen LogP contribution in [0, 0.1) is 17.3 Å². The second-order valence-electron chi connectivity index (χ2n) is 9.21. The lowest BCUT2D eigenvalue weighted by atomic mass is 9.68. The lowest BCUT2D eigenvalue weighted by Gasteiger charge is -2.43. The monoisotopic (exact) mass is 397 g/mol. The van der Waals surface area contributed by atoms with Crippen molar-refractivity contribution in [3.63, 3.8) is 0 Å². The van der Waals surface area contributed by atoms with Crippen molar-refractivity contribution in [1.82, 2.24) is 10.2 Å². The van der Waals surface area contributed by atoms with E-state index in [0.29, 0.717) is 12.3 Å². The van der Waals surface area contributed by atoms with Crippen LogP contribution in [0.3, 0.4) is 0 Å². The van der Waals surface area contributed by atoms with Gasteiger partial charge in [0.1, 0.15) is 11.9 Å². The molecule has 3 atom stereocenters. The smallest absolute Gasteiger partial charge is 0.269 e. The molecule has 0 aromatic carbocycles. The van der Waals surface area contributed by atoms with E-state index in [1.165, 1.54) is 25.8 Å². The Morgan fingerprint density at radius 1 is 1.24 bits per heavy atom. The third kappa shape index (κ3) is 3.75. The van der Waals surface area contributed by atoms with Gasteiger partial charge in [0, 0.05) is 6.54 Å². The quantitative estimate of drug-likeness (QED) is 0.773. The molecule has 1 aromatic heterocycles. The summed E-state index contributed by atoms with van der Waals surface area (Å²) in [6.07, 6.45) is 14.6. The van der Waals surface area contributed by atoms with Crippen LogP contribution >= 0.6 is 0 Å². The average molecular weight is 398 g/mol. The van der Waals surface area contributed by atoms with Gasteiger partial charge in [0.25, 0.3) is 5.91 Å². The predicted octanol–water partition coefficient (Wildman–Crippen LogP) is 3.50. The second kappa shape index (κ2) is 7.98. The maximum atomic E-state index is 12.9. The molecule has 1 N–H and O–H groups in total. The third-order valence-electron chi connectivity index (χ3n) is 7.52. The van der Waals surface area contributed by atoms with E-state index < -0.39 is 0 Å². The fraction of sp³-hybridized carbons (Fsp3) is 0.652. The molecule has 3 heterocycles. The van der Waals surface area contributed by atoms with E-state index in [0.717, 1.165) is 50.5 Å². The van der Waals surface area contributed by atoms with Crippen molar-refractivity contribution in [2.45, 2.75) is 57.6 Å². The highest BCUT2D eigenvalue weighted by Crippen LogP contribution is 2.54. The zero-order valence-electron chi connectivity index (χ0n) is 17.0. The largest absolute Gasteiger partial charge is 0.467 e. The maximum absolute atomic E-state index is 12.9. The SMILES string of the molecule is O=C(NCc1ccco1)C1=NO[C@@H]2CCC3(CCN(CC4CC=CCC4)CC3)[C@H]12. The number of fused-ring (bicyclic) bond motifs is 2. The number of carbonyl (C=O) groups is 1. The van der Waals surface area contributed by atoms with Crippen LogP contribution in [0.1, 0.15) is 50.7 Å². The lowest BCUT2D eigenvalue weighted by Crippen LogP contribution is -2.48. The molecule has 1 saturated carbocycles. The van der Waals surface area contributed by atoms with Crippen molar-refractivity contribution in [2.24, 2.45) is 22.4 Å². The zero-order chi connectivity index (χ0) is 19.7. The fourth-order valence-electron chi connectivity index (χ4n) is 5.89. The van der Waals surface area contributed by atoms with Crippen LogP contribution in [0.5, 0.6) is 0 Å². The standard InChI is InChI=1S/C23H31N3O3/c27-22(24-15-18-7-4-14-28-18)21-20-19(29-25-21)8-9-23(20)10-12-26(13-11-23)16-17-5-2-1-3-6-17/h1-2,4,7,14,17,19-20H,3,5-6,8-13,15-16H2,(H,24,27)/t17?,19-,20+/m1/s1. The molecule has 2 aliphatic heterocycles. The molecule has 5 rings (SSSR count). The first kappa shape index (κ1) is 18.9. The molecule has 1 spiro atoms. The van der Waals surface area contributed by atoms with Crippen LogP contribution in [0.2, 0.25) is 0 Å². The van der Waals surface area contributed by atoms with Crippen LogP contribution in [0.25, 0.3) is 0 Å². The van der Waals surface area contributed by atoms with E-state index in [2.05, 4.69) is 27.5 Å². The molecule has 6 heteroatoms. The first-order valence-electron chi connectivity index (χ1n) is 11.2. The number of likely N-dealkylation sites (tertiary alicyclic amines) is 1. The molecule has 6 nitrogen and oxygen atoms in total. The molecule has 0 radical (unpaired) electrons. The summed E-state index contributed by atoms with van der Waals surface area (Å²) in [5.74, 6) is 1.59. The number of allylic oxidation sites excluding steroid dienone is 2. The topological polar surface area (TPSA) is 67.1 Å². The summed E-state index contributed by atoms with van der Waals surface area (Å²) in [6, 6.07) is 3.70. The molecule has 156 valence electrons. The summed E-state index contributed by atoms with van der Waals surface area (Å²) in [5.41, 5.74) is 0.773. The number of amides is 1. The Hall–Kier alpha value is -2.08. The highest BCUT2D eigenvalue weighted by atomic mass is 16.6. The molecule has 2 fully saturated rings. The Labute approximate surface area is 172 Å². The number of hydrogen-bond acceptors (Lipinski definition) is 5. The Morgan fingerprint density at radius 3 is 2.90 bits per heavy atom. The van der Waals surface area contributed by atoms with Gasteiger partial charge in [-0.25, -0.2) is 0 Å². The van der Waals surface area contributed by atoms with Gasteiger partial charge in [0.2, 0.25) is 0 Å². The van der Waals surface area contributed by atoms with Crippen molar-refractivity contribution < 1.29 is 14.0 Å². The van der Waals surface area contributed by atoms with Crippen molar-refractivity contribution in [2.75, 3.05) is 19.6 Å². The molecule has 0 bridgehead atoms. The van der Waals surface area contributed by atoms with Crippen LogP contribution in [-0.4, -0.2) is 42.3 Å². The van der Waals surface area contributed by atoms with E-state index in [1.807, 2.05) is 12.1 Å². The molecule has 1 unspecified atom stereocenters. The molecular formula is C23H31N3O3. The van der Waals surface area contributed by atoms with Gasteiger partial charge in [0.05, 0.1) is 18.7 Å². The first-order chi connectivity index (χ1) is 14.2. The highest BCUT2D eigenvalue weighted by Gasteiger charge is 2.57. The molecule has 1 amide bonds. The van der Waals surface area contributed by atoms with Crippen molar-refractivity contribution in [3.05, 3.63) is 36.3 Å². The molecule has 2 aliphatic carbocycles.